The van der Waals surface area contributed by atoms with Crippen LogP contribution in [0.5, 0.6) is 0 Å². The van der Waals surface area contributed by atoms with Crippen LogP contribution in [0.2, 0.25) is 0 Å². The maximum absolute atomic E-state index is 12.0. The van der Waals surface area contributed by atoms with Crippen molar-refractivity contribution in [2.45, 2.75) is 57.8 Å². The predicted molar refractivity (Wildman–Crippen MR) is 72.7 cm³/mol. The summed E-state index contributed by atoms with van der Waals surface area (Å²) in [5, 5.41) is 12.0. The van der Waals surface area contributed by atoms with Crippen molar-refractivity contribution in [1.82, 2.24) is 5.32 Å². The topological polar surface area (TPSA) is 66.4 Å². The third-order valence-corrected chi connectivity index (χ3v) is 4.73. The molecule has 0 aromatic heterocycles. The SMILES string of the molecule is O=C(O)[C@H]1CCC[C@H]1C(=O)NCCCC1CCCC1. The molecule has 2 fully saturated rings. The molecule has 0 spiro atoms. The lowest BCUT2D eigenvalue weighted by Gasteiger charge is -2.16. The van der Waals surface area contributed by atoms with E-state index in [0.29, 0.717) is 13.0 Å². The maximum atomic E-state index is 12.0. The molecular formula is C15H25NO3. The summed E-state index contributed by atoms with van der Waals surface area (Å²) >= 11 is 0. The zero-order valence-electron chi connectivity index (χ0n) is 11.6. The molecule has 2 N–H and O–H groups in total. The fourth-order valence-corrected chi connectivity index (χ4v) is 3.60. The molecule has 1 amide bonds. The van der Waals surface area contributed by atoms with Crippen LogP contribution in [0.25, 0.3) is 0 Å². The van der Waals surface area contributed by atoms with Gasteiger partial charge in [-0.15, -0.1) is 0 Å². The Morgan fingerprint density at radius 2 is 1.68 bits per heavy atom. The van der Waals surface area contributed by atoms with Crippen LogP contribution >= 0.6 is 0 Å². The number of amides is 1. The standard InChI is InChI=1S/C15H25NO3/c17-14(12-8-3-9-13(12)15(18)19)16-10-4-7-11-5-1-2-6-11/h11-13H,1-10H2,(H,16,17)(H,18,19)/t12-,13+/m1/s1. The van der Waals surface area contributed by atoms with Crippen LogP contribution in [0.3, 0.4) is 0 Å². The zero-order valence-corrected chi connectivity index (χ0v) is 11.6. The highest BCUT2D eigenvalue weighted by Crippen LogP contribution is 2.32. The van der Waals surface area contributed by atoms with Crippen LogP contribution in [0.4, 0.5) is 0 Å². The number of rotatable bonds is 6. The molecule has 0 aromatic carbocycles. The Kier molecular flexibility index (Phi) is 5.23. The number of carboxylic acid groups (broad SMARTS) is 1. The van der Waals surface area contributed by atoms with Gasteiger partial charge in [0.25, 0.3) is 0 Å². The number of hydrogen-bond donors (Lipinski definition) is 2. The molecule has 2 atom stereocenters. The fourth-order valence-electron chi connectivity index (χ4n) is 3.60. The minimum atomic E-state index is -0.816. The number of nitrogens with one attached hydrogen (secondary N) is 1. The Balaban J connectivity index is 1.64. The Bertz CT molecular complexity index is 323. The van der Waals surface area contributed by atoms with E-state index in [4.69, 9.17) is 5.11 Å². The van der Waals surface area contributed by atoms with E-state index in [1.807, 2.05) is 0 Å². The monoisotopic (exact) mass is 267 g/mol. The van der Waals surface area contributed by atoms with E-state index in [1.165, 1.54) is 32.1 Å². The Morgan fingerprint density at radius 1 is 1.00 bits per heavy atom. The summed E-state index contributed by atoms with van der Waals surface area (Å²) in [6.45, 7) is 0.707. The average molecular weight is 267 g/mol. The van der Waals surface area contributed by atoms with Crippen molar-refractivity contribution >= 4 is 11.9 Å². The van der Waals surface area contributed by atoms with Gasteiger partial charge in [-0.05, 0) is 31.6 Å². The minimum Gasteiger partial charge on any atom is -0.481 e. The minimum absolute atomic E-state index is 0.0451. The van der Waals surface area contributed by atoms with Crippen LogP contribution < -0.4 is 5.32 Å². The van der Waals surface area contributed by atoms with Gasteiger partial charge in [0, 0.05) is 6.54 Å². The second-order valence-corrected chi connectivity index (χ2v) is 6.07. The van der Waals surface area contributed by atoms with E-state index < -0.39 is 11.9 Å². The summed E-state index contributed by atoms with van der Waals surface area (Å²) in [5.41, 5.74) is 0. The maximum Gasteiger partial charge on any atom is 0.307 e. The van der Waals surface area contributed by atoms with E-state index in [2.05, 4.69) is 5.32 Å². The largest absolute Gasteiger partial charge is 0.481 e. The number of carbonyl (C=O) groups excluding carboxylic acids is 1. The van der Waals surface area contributed by atoms with Crippen molar-refractivity contribution in [2.24, 2.45) is 17.8 Å². The number of aliphatic carboxylic acids is 1. The summed E-state index contributed by atoms with van der Waals surface area (Å²) in [5.74, 6) is -0.770. The van der Waals surface area contributed by atoms with Crippen molar-refractivity contribution in [1.29, 1.82) is 0 Å². The molecule has 4 heteroatoms. The summed E-state index contributed by atoms with van der Waals surface area (Å²) in [4.78, 5) is 23.0. The number of hydrogen-bond acceptors (Lipinski definition) is 2. The first kappa shape index (κ1) is 14.4. The average Bonchev–Trinajstić information content (AvgIpc) is 3.04. The summed E-state index contributed by atoms with van der Waals surface area (Å²) in [6.07, 6.45) is 9.88. The molecule has 0 saturated heterocycles. The van der Waals surface area contributed by atoms with E-state index in [9.17, 15) is 9.59 Å². The molecule has 2 aliphatic rings. The molecule has 0 unspecified atom stereocenters. The molecule has 4 nitrogen and oxygen atoms in total. The van der Waals surface area contributed by atoms with Gasteiger partial charge < -0.3 is 10.4 Å². The second kappa shape index (κ2) is 6.92. The third kappa shape index (κ3) is 3.95. The van der Waals surface area contributed by atoms with Gasteiger partial charge in [0.05, 0.1) is 11.8 Å². The van der Waals surface area contributed by atoms with E-state index in [1.54, 1.807) is 0 Å². The van der Waals surface area contributed by atoms with Gasteiger partial charge in [0.1, 0.15) is 0 Å². The summed E-state index contributed by atoms with van der Waals surface area (Å²) < 4.78 is 0. The molecule has 0 heterocycles. The van der Waals surface area contributed by atoms with Crippen molar-refractivity contribution < 1.29 is 14.7 Å². The van der Waals surface area contributed by atoms with Crippen LogP contribution in [0.15, 0.2) is 0 Å². The van der Waals surface area contributed by atoms with E-state index in [-0.39, 0.29) is 11.8 Å². The van der Waals surface area contributed by atoms with Crippen LogP contribution in [0.1, 0.15) is 57.8 Å². The van der Waals surface area contributed by atoms with Crippen molar-refractivity contribution in [3.8, 4) is 0 Å². The summed E-state index contributed by atoms with van der Waals surface area (Å²) in [6, 6.07) is 0. The second-order valence-electron chi connectivity index (χ2n) is 6.07. The normalized spacial score (nSPS) is 27.6. The van der Waals surface area contributed by atoms with Gasteiger partial charge in [0.15, 0.2) is 0 Å². The van der Waals surface area contributed by atoms with Gasteiger partial charge in [0.2, 0.25) is 5.91 Å². The van der Waals surface area contributed by atoms with Crippen LogP contribution in [-0.2, 0) is 9.59 Å². The highest BCUT2D eigenvalue weighted by Gasteiger charge is 2.37. The fraction of sp³-hybridized carbons (Fsp3) is 0.867. The molecule has 19 heavy (non-hydrogen) atoms. The molecule has 108 valence electrons. The zero-order chi connectivity index (χ0) is 13.7. The first-order valence-corrected chi connectivity index (χ1v) is 7.69. The van der Waals surface area contributed by atoms with Gasteiger partial charge in [-0.3, -0.25) is 9.59 Å². The first-order valence-electron chi connectivity index (χ1n) is 7.69. The highest BCUT2D eigenvalue weighted by atomic mass is 16.4. The lowest BCUT2D eigenvalue weighted by molar-refractivity contribution is -0.146. The molecule has 0 aromatic rings. The van der Waals surface area contributed by atoms with Crippen molar-refractivity contribution in [3.05, 3.63) is 0 Å². The van der Waals surface area contributed by atoms with Crippen LogP contribution in [-0.4, -0.2) is 23.5 Å². The Morgan fingerprint density at radius 3 is 2.37 bits per heavy atom. The Labute approximate surface area is 115 Å². The lowest BCUT2D eigenvalue weighted by Crippen LogP contribution is -2.35. The highest BCUT2D eigenvalue weighted by molar-refractivity contribution is 5.85. The van der Waals surface area contributed by atoms with Crippen molar-refractivity contribution in [3.63, 3.8) is 0 Å². The smallest absolute Gasteiger partial charge is 0.307 e. The molecule has 0 bridgehead atoms. The predicted octanol–water partition coefficient (Wildman–Crippen LogP) is 2.57. The molecule has 2 aliphatic carbocycles. The molecular weight excluding hydrogens is 242 g/mol. The number of carboxylic acids is 1. The lowest BCUT2D eigenvalue weighted by atomic mass is 9.95. The van der Waals surface area contributed by atoms with Crippen LogP contribution in [0, 0.1) is 17.8 Å². The quantitative estimate of drug-likeness (QED) is 0.727. The van der Waals surface area contributed by atoms with Gasteiger partial charge in [-0.1, -0.05) is 32.1 Å². The summed E-state index contributed by atoms with van der Waals surface area (Å²) in [7, 11) is 0. The first-order chi connectivity index (χ1) is 9.18. The molecule has 0 radical (unpaired) electrons. The third-order valence-electron chi connectivity index (χ3n) is 4.73. The number of carbonyl (C=O) groups is 2. The van der Waals surface area contributed by atoms with Gasteiger partial charge in [-0.2, -0.15) is 0 Å². The molecule has 0 aliphatic heterocycles. The Hall–Kier alpha value is -1.06. The molecule has 2 rings (SSSR count). The molecule has 2 saturated carbocycles. The van der Waals surface area contributed by atoms with E-state index in [0.717, 1.165) is 25.2 Å². The van der Waals surface area contributed by atoms with Crippen molar-refractivity contribution in [2.75, 3.05) is 6.54 Å². The van der Waals surface area contributed by atoms with Gasteiger partial charge in [-0.25, -0.2) is 0 Å². The van der Waals surface area contributed by atoms with E-state index >= 15 is 0 Å². The van der Waals surface area contributed by atoms with Gasteiger partial charge >= 0.3 is 5.97 Å².